The molecule has 1 aliphatic heterocycles. The zero-order valence-corrected chi connectivity index (χ0v) is 7.06. The minimum atomic E-state index is -3.39. The smallest absolute Gasteiger partial charge is 0.266 e. The second kappa shape index (κ2) is 3.48. The van der Waals surface area contributed by atoms with Crippen molar-refractivity contribution in [1.82, 2.24) is 5.32 Å². The molecule has 0 aromatic heterocycles. The Morgan fingerprint density at radius 1 is 1.64 bits per heavy atom. The Labute approximate surface area is 65.8 Å². The maximum absolute atomic E-state index is 10.6. The number of nitrogens with one attached hydrogen (secondary N) is 1. The van der Waals surface area contributed by atoms with Gasteiger partial charge in [0.2, 0.25) is 0 Å². The van der Waals surface area contributed by atoms with Crippen LogP contribution in [0.4, 0.5) is 0 Å². The van der Waals surface area contributed by atoms with E-state index < -0.39 is 16.4 Å². The lowest BCUT2D eigenvalue weighted by Gasteiger charge is -2.21. The molecule has 1 heterocycles. The molecule has 1 saturated heterocycles. The predicted octanol–water partition coefficient (Wildman–Crippen LogP) is -1.09. The van der Waals surface area contributed by atoms with Crippen molar-refractivity contribution in [2.75, 3.05) is 26.0 Å². The fourth-order valence-corrected chi connectivity index (χ4v) is 1.31. The lowest BCUT2D eigenvalue weighted by molar-refractivity contribution is -0.0906. The number of ether oxygens (including phenoxy) is 1. The van der Waals surface area contributed by atoms with Crippen LogP contribution in [-0.2, 0) is 19.0 Å². The van der Waals surface area contributed by atoms with Crippen LogP contribution >= 0.6 is 0 Å². The molecule has 0 saturated carbocycles. The third kappa shape index (κ3) is 3.66. The Balaban J connectivity index is 2.36. The number of rotatable bonds is 2. The van der Waals surface area contributed by atoms with Crippen LogP contribution in [0.1, 0.15) is 0 Å². The van der Waals surface area contributed by atoms with Gasteiger partial charge in [-0.2, -0.15) is 8.42 Å². The minimum Gasteiger partial charge on any atom is -0.349 e. The van der Waals surface area contributed by atoms with E-state index in [4.69, 9.17) is 4.74 Å². The highest BCUT2D eigenvalue weighted by Crippen LogP contribution is 2.01. The zero-order chi connectivity index (χ0) is 8.32. The van der Waals surface area contributed by atoms with Crippen LogP contribution < -0.4 is 5.32 Å². The summed E-state index contributed by atoms with van der Waals surface area (Å²) in [5, 5.41) is 2.94. The van der Waals surface area contributed by atoms with Crippen molar-refractivity contribution in [2.24, 2.45) is 0 Å². The van der Waals surface area contributed by atoms with Crippen molar-refractivity contribution in [3.8, 4) is 0 Å². The van der Waals surface area contributed by atoms with Crippen LogP contribution in [0.3, 0.4) is 0 Å². The first-order valence-electron chi connectivity index (χ1n) is 3.28. The summed E-state index contributed by atoms with van der Waals surface area (Å²) in [7, 11) is -3.39. The quantitative estimate of drug-likeness (QED) is 0.548. The highest BCUT2D eigenvalue weighted by molar-refractivity contribution is 7.86. The highest BCUT2D eigenvalue weighted by Gasteiger charge is 2.18. The van der Waals surface area contributed by atoms with Crippen molar-refractivity contribution in [2.45, 2.75) is 6.29 Å². The van der Waals surface area contributed by atoms with Gasteiger partial charge >= 0.3 is 0 Å². The second-order valence-electron chi connectivity index (χ2n) is 2.30. The molecule has 1 unspecified atom stereocenters. The molecule has 0 amide bonds. The number of hydrogen-bond acceptors (Lipinski definition) is 5. The van der Waals surface area contributed by atoms with Crippen LogP contribution in [0.15, 0.2) is 0 Å². The summed E-state index contributed by atoms with van der Waals surface area (Å²) in [6.45, 7) is 1.65. The van der Waals surface area contributed by atoms with Gasteiger partial charge < -0.3 is 10.1 Å². The van der Waals surface area contributed by atoms with Gasteiger partial charge in [0.05, 0.1) is 12.9 Å². The summed E-state index contributed by atoms with van der Waals surface area (Å²) >= 11 is 0. The average Bonchev–Trinajstić information content (AvgIpc) is 1.85. The zero-order valence-electron chi connectivity index (χ0n) is 6.24. The SMILES string of the molecule is CS(=O)(=O)OC1CNCCO1. The molecule has 1 aliphatic rings. The Kier molecular flexibility index (Phi) is 2.83. The van der Waals surface area contributed by atoms with E-state index in [1.54, 1.807) is 0 Å². The second-order valence-corrected chi connectivity index (χ2v) is 3.91. The standard InChI is InChI=1S/C5H11NO4S/c1-11(7,8)10-5-4-6-2-3-9-5/h5-6H,2-4H2,1H3. The molecule has 0 bridgehead atoms. The fourth-order valence-electron chi connectivity index (χ4n) is 0.798. The number of morpholine rings is 1. The van der Waals surface area contributed by atoms with Crippen molar-refractivity contribution in [3.05, 3.63) is 0 Å². The summed E-state index contributed by atoms with van der Waals surface area (Å²) in [6, 6.07) is 0. The first-order valence-corrected chi connectivity index (χ1v) is 5.10. The van der Waals surface area contributed by atoms with E-state index in [1.807, 2.05) is 0 Å². The monoisotopic (exact) mass is 181 g/mol. The Bertz CT molecular complexity index is 207. The van der Waals surface area contributed by atoms with E-state index in [2.05, 4.69) is 9.50 Å². The molecule has 1 atom stereocenters. The lowest BCUT2D eigenvalue weighted by atomic mass is 10.5. The van der Waals surface area contributed by atoms with Crippen LogP contribution in [-0.4, -0.2) is 40.7 Å². The van der Waals surface area contributed by atoms with Gasteiger partial charge in [-0.25, -0.2) is 4.18 Å². The van der Waals surface area contributed by atoms with E-state index in [0.717, 1.165) is 12.8 Å². The maximum Gasteiger partial charge on any atom is 0.266 e. The third-order valence-corrected chi connectivity index (χ3v) is 1.74. The molecule has 5 nitrogen and oxygen atoms in total. The normalized spacial score (nSPS) is 26.8. The fraction of sp³-hybridized carbons (Fsp3) is 1.00. The van der Waals surface area contributed by atoms with E-state index in [9.17, 15) is 8.42 Å². The Morgan fingerprint density at radius 2 is 2.36 bits per heavy atom. The van der Waals surface area contributed by atoms with E-state index in [0.29, 0.717) is 13.2 Å². The first kappa shape index (κ1) is 8.92. The third-order valence-electron chi connectivity index (χ3n) is 1.18. The molecule has 0 aromatic carbocycles. The molecule has 0 aromatic rings. The van der Waals surface area contributed by atoms with E-state index in [-0.39, 0.29) is 0 Å². The molecule has 0 aliphatic carbocycles. The molecule has 0 spiro atoms. The van der Waals surface area contributed by atoms with Gasteiger partial charge in [-0.15, -0.1) is 0 Å². The molecule has 1 N–H and O–H groups in total. The van der Waals surface area contributed by atoms with E-state index in [1.165, 1.54) is 0 Å². The highest BCUT2D eigenvalue weighted by atomic mass is 32.2. The summed E-state index contributed by atoms with van der Waals surface area (Å²) in [6.07, 6.45) is 0.351. The predicted molar refractivity (Wildman–Crippen MR) is 38.5 cm³/mol. The van der Waals surface area contributed by atoms with Crippen molar-refractivity contribution < 1.29 is 17.3 Å². The molecule has 66 valence electrons. The topological polar surface area (TPSA) is 64.6 Å². The van der Waals surface area contributed by atoms with Gasteiger partial charge in [-0.05, 0) is 0 Å². The van der Waals surface area contributed by atoms with Gasteiger partial charge in [0.15, 0.2) is 6.29 Å². The molecule has 1 fully saturated rings. The van der Waals surface area contributed by atoms with Crippen LogP contribution in [0.25, 0.3) is 0 Å². The summed E-state index contributed by atoms with van der Waals surface area (Å²) in [4.78, 5) is 0. The summed E-state index contributed by atoms with van der Waals surface area (Å²) in [5.41, 5.74) is 0. The molecular formula is C5H11NO4S. The summed E-state index contributed by atoms with van der Waals surface area (Å²) in [5.74, 6) is 0. The van der Waals surface area contributed by atoms with Gasteiger partial charge in [0, 0.05) is 13.1 Å². The molecule has 11 heavy (non-hydrogen) atoms. The Hall–Kier alpha value is -0.170. The number of hydrogen-bond donors (Lipinski definition) is 1. The van der Waals surface area contributed by atoms with Gasteiger partial charge in [0.1, 0.15) is 0 Å². The van der Waals surface area contributed by atoms with E-state index >= 15 is 0 Å². The van der Waals surface area contributed by atoms with Gasteiger partial charge in [-0.3, -0.25) is 0 Å². The van der Waals surface area contributed by atoms with Gasteiger partial charge in [0.25, 0.3) is 10.1 Å². The van der Waals surface area contributed by atoms with Crippen LogP contribution in [0.2, 0.25) is 0 Å². The Morgan fingerprint density at radius 3 is 2.82 bits per heavy atom. The van der Waals surface area contributed by atoms with Gasteiger partial charge in [-0.1, -0.05) is 0 Å². The molecule has 1 rings (SSSR count). The molecular weight excluding hydrogens is 170 g/mol. The molecule has 6 heteroatoms. The first-order chi connectivity index (χ1) is 5.08. The summed E-state index contributed by atoms with van der Waals surface area (Å²) < 4.78 is 30.7. The van der Waals surface area contributed by atoms with Crippen molar-refractivity contribution in [3.63, 3.8) is 0 Å². The van der Waals surface area contributed by atoms with Crippen LogP contribution in [0.5, 0.6) is 0 Å². The minimum absolute atomic E-state index is 0.424. The van der Waals surface area contributed by atoms with Crippen molar-refractivity contribution >= 4 is 10.1 Å². The average molecular weight is 181 g/mol. The van der Waals surface area contributed by atoms with Crippen molar-refractivity contribution in [1.29, 1.82) is 0 Å². The van der Waals surface area contributed by atoms with Crippen LogP contribution in [0, 0.1) is 0 Å². The maximum atomic E-state index is 10.6. The molecule has 0 radical (unpaired) electrons. The largest absolute Gasteiger partial charge is 0.349 e. The lowest BCUT2D eigenvalue weighted by Crippen LogP contribution is -2.40.